The van der Waals surface area contributed by atoms with E-state index in [2.05, 4.69) is 5.32 Å². The molecule has 0 spiro atoms. The van der Waals surface area contributed by atoms with Crippen molar-refractivity contribution in [1.82, 2.24) is 10.6 Å². The second-order valence-corrected chi connectivity index (χ2v) is 8.31. The third-order valence-electron chi connectivity index (χ3n) is 5.53. The number of allylic oxidation sites excluding steroid dienone is 1. The average Bonchev–Trinajstić information content (AvgIpc) is 2.73. The first-order valence-corrected chi connectivity index (χ1v) is 10.6. The number of aryl methyl sites for hydroxylation is 3. The lowest BCUT2D eigenvalue weighted by molar-refractivity contribution is -0.139. The highest BCUT2D eigenvalue weighted by atomic mass is 19.4. The Hall–Kier alpha value is -3.30. The molecule has 2 rings (SSSR count). The van der Waals surface area contributed by atoms with E-state index in [1.165, 1.54) is 36.4 Å². The monoisotopic (exact) mass is 500 g/mol. The highest BCUT2D eigenvalue weighted by molar-refractivity contribution is 5.97. The number of carbonyl (C=O) groups excluding carboxylic acids is 2. The Morgan fingerprint density at radius 3 is 2.00 bits per heavy atom. The van der Waals surface area contributed by atoms with Gasteiger partial charge in [-0.25, -0.2) is 0 Å². The third-order valence-corrected chi connectivity index (χ3v) is 5.53. The number of carbonyl (C=O) groups is 2. The van der Waals surface area contributed by atoms with Gasteiger partial charge in [0, 0.05) is 5.56 Å². The van der Waals surface area contributed by atoms with E-state index >= 15 is 0 Å². The van der Waals surface area contributed by atoms with Gasteiger partial charge in [-0.15, -0.1) is 0 Å². The standard InChI is InChI=1S/C25H26F6N2O2/c1-14-10-19(11-15(2)17(14)4)21(25(29,30)31)8-6-18-5-7-20(16(3)9-18)23(35)32-12-22(34)33-13-24(26,27)28/h5-11,21H,12-13H2,1-4H3,(H,32,35)(H,33,34)/b8-6+. The first-order valence-electron chi connectivity index (χ1n) is 10.6. The zero-order valence-corrected chi connectivity index (χ0v) is 19.6. The number of benzene rings is 2. The van der Waals surface area contributed by atoms with Crippen molar-refractivity contribution in [3.8, 4) is 0 Å². The lowest BCUT2D eigenvalue weighted by atomic mass is 9.91. The Labute approximate surface area is 199 Å². The molecule has 2 aromatic rings. The Morgan fingerprint density at radius 2 is 1.49 bits per heavy atom. The van der Waals surface area contributed by atoms with Crippen LogP contribution in [-0.4, -0.2) is 37.3 Å². The van der Waals surface area contributed by atoms with Gasteiger partial charge in [-0.2, -0.15) is 26.3 Å². The van der Waals surface area contributed by atoms with Gasteiger partial charge < -0.3 is 10.6 Å². The number of halogens is 6. The number of hydrogen-bond donors (Lipinski definition) is 2. The number of rotatable bonds is 7. The van der Waals surface area contributed by atoms with Crippen LogP contribution in [0, 0.1) is 27.7 Å². The first-order chi connectivity index (χ1) is 16.1. The molecular formula is C25H26F6N2O2. The molecular weight excluding hydrogens is 474 g/mol. The van der Waals surface area contributed by atoms with Gasteiger partial charge >= 0.3 is 12.4 Å². The summed E-state index contributed by atoms with van der Waals surface area (Å²) in [4.78, 5) is 23.7. The van der Waals surface area contributed by atoms with Crippen LogP contribution in [0.15, 0.2) is 36.4 Å². The predicted octanol–water partition coefficient (Wildman–Crippen LogP) is 5.69. The summed E-state index contributed by atoms with van der Waals surface area (Å²) in [6, 6.07) is 7.37. The summed E-state index contributed by atoms with van der Waals surface area (Å²) < 4.78 is 77.8. The van der Waals surface area contributed by atoms with Gasteiger partial charge in [0.1, 0.15) is 6.54 Å². The zero-order chi connectivity index (χ0) is 26.6. The molecule has 0 aliphatic heterocycles. The van der Waals surface area contributed by atoms with Crippen LogP contribution in [0.1, 0.15) is 49.7 Å². The maximum absolute atomic E-state index is 13.8. The van der Waals surface area contributed by atoms with Crippen molar-refractivity contribution in [1.29, 1.82) is 0 Å². The molecule has 1 unspecified atom stereocenters. The highest BCUT2D eigenvalue weighted by Gasteiger charge is 2.39. The van der Waals surface area contributed by atoms with Crippen molar-refractivity contribution in [3.05, 3.63) is 75.4 Å². The van der Waals surface area contributed by atoms with Crippen LogP contribution in [0.4, 0.5) is 26.3 Å². The predicted molar refractivity (Wildman–Crippen MR) is 121 cm³/mol. The van der Waals surface area contributed by atoms with E-state index in [4.69, 9.17) is 0 Å². The van der Waals surface area contributed by atoms with Crippen molar-refractivity contribution in [2.24, 2.45) is 0 Å². The van der Waals surface area contributed by atoms with Crippen LogP contribution in [0.2, 0.25) is 0 Å². The second-order valence-electron chi connectivity index (χ2n) is 8.31. The third kappa shape index (κ3) is 8.15. The van der Waals surface area contributed by atoms with Gasteiger partial charge in [0.15, 0.2) is 0 Å². The quantitative estimate of drug-likeness (QED) is 0.480. The number of nitrogens with one attached hydrogen (secondary N) is 2. The lowest BCUT2D eigenvalue weighted by Crippen LogP contribution is -2.41. The summed E-state index contributed by atoms with van der Waals surface area (Å²) >= 11 is 0. The van der Waals surface area contributed by atoms with Gasteiger partial charge in [-0.3, -0.25) is 9.59 Å². The molecule has 35 heavy (non-hydrogen) atoms. The minimum Gasteiger partial charge on any atom is -0.345 e. The summed E-state index contributed by atoms with van der Waals surface area (Å²) in [6.07, 6.45) is -6.70. The van der Waals surface area contributed by atoms with Crippen LogP contribution >= 0.6 is 0 Å². The van der Waals surface area contributed by atoms with Gasteiger partial charge in [0.2, 0.25) is 5.91 Å². The van der Waals surface area contributed by atoms with Crippen LogP contribution in [-0.2, 0) is 4.79 Å². The van der Waals surface area contributed by atoms with Crippen LogP contribution in [0.25, 0.3) is 6.08 Å². The fourth-order valence-electron chi connectivity index (χ4n) is 3.43. The highest BCUT2D eigenvalue weighted by Crippen LogP contribution is 2.37. The van der Waals surface area contributed by atoms with Crippen molar-refractivity contribution in [2.45, 2.75) is 46.0 Å². The summed E-state index contributed by atoms with van der Waals surface area (Å²) in [7, 11) is 0. The van der Waals surface area contributed by atoms with E-state index < -0.39 is 43.2 Å². The Balaban J connectivity index is 2.15. The van der Waals surface area contributed by atoms with Crippen molar-refractivity contribution in [3.63, 3.8) is 0 Å². The number of alkyl halides is 6. The molecule has 0 saturated carbocycles. The van der Waals surface area contributed by atoms with E-state index in [1.54, 1.807) is 26.1 Å². The molecule has 0 fully saturated rings. The number of amides is 2. The maximum atomic E-state index is 13.8. The van der Waals surface area contributed by atoms with Crippen molar-refractivity contribution in [2.75, 3.05) is 13.1 Å². The van der Waals surface area contributed by atoms with E-state index in [0.29, 0.717) is 11.1 Å². The summed E-state index contributed by atoms with van der Waals surface area (Å²) in [5, 5.41) is 3.85. The first kappa shape index (κ1) is 27.9. The minimum absolute atomic E-state index is 0.130. The molecule has 0 saturated heterocycles. The number of hydrogen-bond acceptors (Lipinski definition) is 2. The maximum Gasteiger partial charge on any atom is 0.405 e. The van der Waals surface area contributed by atoms with E-state index in [0.717, 1.165) is 22.8 Å². The molecule has 0 bridgehead atoms. The molecule has 2 N–H and O–H groups in total. The largest absolute Gasteiger partial charge is 0.405 e. The molecule has 2 amide bonds. The normalized spacial score (nSPS) is 13.1. The molecule has 190 valence electrons. The Morgan fingerprint density at radius 1 is 0.886 bits per heavy atom. The van der Waals surface area contributed by atoms with Gasteiger partial charge in [0.25, 0.3) is 5.91 Å². The molecule has 10 heteroatoms. The lowest BCUT2D eigenvalue weighted by Gasteiger charge is -2.19. The zero-order valence-electron chi connectivity index (χ0n) is 19.6. The summed E-state index contributed by atoms with van der Waals surface area (Å²) in [5.41, 5.74) is 3.58. The molecule has 0 aliphatic rings. The molecule has 0 heterocycles. The summed E-state index contributed by atoms with van der Waals surface area (Å²) in [5.74, 6) is -3.52. The molecule has 2 aromatic carbocycles. The van der Waals surface area contributed by atoms with Crippen molar-refractivity contribution >= 4 is 17.9 Å². The topological polar surface area (TPSA) is 58.2 Å². The SMILES string of the molecule is Cc1cc(/C=C/C(c2cc(C)c(C)c(C)c2)C(F)(F)F)ccc1C(=O)NCC(=O)NCC(F)(F)F. The van der Waals surface area contributed by atoms with Crippen molar-refractivity contribution < 1.29 is 35.9 Å². The molecule has 4 nitrogen and oxygen atoms in total. The van der Waals surface area contributed by atoms with E-state index in [9.17, 15) is 35.9 Å². The van der Waals surface area contributed by atoms with Gasteiger partial charge in [-0.05, 0) is 67.1 Å². The Kier molecular flexibility index (Phi) is 8.75. The van der Waals surface area contributed by atoms with Crippen LogP contribution in [0.3, 0.4) is 0 Å². The van der Waals surface area contributed by atoms with Gasteiger partial charge in [-0.1, -0.05) is 36.4 Å². The average molecular weight is 500 g/mol. The molecule has 1 atom stereocenters. The fraction of sp³-hybridized carbons (Fsp3) is 0.360. The van der Waals surface area contributed by atoms with Gasteiger partial charge in [0.05, 0.1) is 12.5 Å². The molecule has 0 aromatic heterocycles. The molecule has 0 radical (unpaired) electrons. The second kappa shape index (κ2) is 11.0. The van der Waals surface area contributed by atoms with Crippen LogP contribution in [0.5, 0.6) is 0 Å². The Bertz CT molecular complexity index is 1100. The fourth-order valence-corrected chi connectivity index (χ4v) is 3.43. The summed E-state index contributed by atoms with van der Waals surface area (Å²) in [6.45, 7) is 4.76. The van der Waals surface area contributed by atoms with Crippen LogP contribution < -0.4 is 10.6 Å². The molecule has 0 aliphatic carbocycles. The van der Waals surface area contributed by atoms with E-state index in [1.807, 2.05) is 6.92 Å². The smallest absolute Gasteiger partial charge is 0.345 e. The minimum atomic E-state index is -4.57. The van der Waals surface area contributed by atoms with E-state index in [-0.39, 0.29) is 11.1 Å².